The fourth-order valence-electron chi connectivity index (χ4n) is 2.59. The molecule has 0 spiro atoms. The van der Waals surface area contributed by atoms with Crippen molar-refractivity contribution in [2.45, 2.75) is 51.6 Å². The van der Waals surface area contributed by atoms with E-state index in [1.54, 1.807) is 0 Å². The summed E-state index contributed by atoms with van der Waals surface area (Å²) in [6.07, 6.45) is 1.94. The Morgan fingerprint density at radius 2 is 1.62 bits per heavy atom. The van der Waals surface area contributed by atoms with Crippen LogP contribution in [0, 0.1) is 5.92 Å². The van der Waals surface area contributed by atoms with Crippen LogP contribution in [-0.2, 0) is 0 Å². The molecule has 1 aliphatic rings. The molecule has 0 aromatic carbocycles. The molecule has 1 heterocycles. The van der Waals surface area contributed by atoms with Crippen LogP contribution in [0.2, 0.25) is 0 Å². The lowest BCUT2D eigenvalue weighted by Gasteiger charge is -2.51. The van der Waals surface area contributed by atoms with Gasteiger partial charge in [0.2, 0.25) is 0 Å². The monoisotopic (exact) mass is 205 g/mol. The van der Waals surface area contributed by atoms with E-state index in [2.05, 4.69) is 27.7 Å². The first-order valence-electron chi connectivity index (χ1n) is 4.85. The second-order valence-electron chi connectivity index (χ2n) is 5.37. The summed E-state index contributed by atoms with van der Waals surface area (Å²) in [5, 5.41) is 11.5. The van der Waals surface area contributed by atoms with Gasteiger partial charge in [0.15, 0.2) is 0 Å². The molecule has 1 saturated heterocycles. The maximum atomic E-state index is 9.97. The Labute approximate surface area is 85.8 Å². The standard InChI is InChI=1S/C10H20ClNO/c1-9(2)5-8(7-11)6-10(3,4)12(9)13/h8,13H,5-7H2,1-4H3. The number of piperidine rings is 1. The quantitative estimate of drug-likeness (QED) is 0.666. The molecule has 1 aliphatic heterocycles. The van der Waals surface area contributed by atoms with Gasteiger partial charge in [-0.3, -0.25) is 0 Å². The van der Waals surface area contributed by atoms with Crippen LogP contribution in [0.5, 0.6) is 0 Å². The molecule has 1 rings (SSSR count). The molecule has 0 aliphatic carbocycles. The lowest BCUT2D eigenvalue weighted by Crippen LogP contribution is -2.59. The van der Waals surface area contributed by atoms with E-state index in [4.69, 9.17) is 11.6 Å². The van der Waals surface area contributed by atoms with Gasteiger partial charge in [-0.05, 0) is 46.5 Å². The minimum atomic E-state index is -0.151. The summed E-state index contributed by atoms with van der Waals surface area (Å²) in [7, 11) is 0. The van der Waals surface area contributed by atoms with E-state index in [1.165, 1.54) is 5.06 Å². The van der Waals surface area contributed by atoms with E-state index < -0.39 is 0 Å². The number of alkyl halides is 1. The van der Waals surface area contributed by atoms with Crippen LogP contribution >= 0.6 is 11.6 Å². The van der Waals surface area contributed by atoms with Crippen molar-refractivity contribution in [2.75, 3.05) is 5.88 Å². The summed E-state index contributed by atoms with van der Waals surface area (Å²) in [4.78, 5) is 0. The molecule has 78 valence electrons. The fraction of sp³-hybridized carbons (Fsp3) is 1.00. The predicted molar refractivity (Wildman–Crippen MR) is 55.2 cm³/mol. The van der Waals surface area contributed by atoms with Gasteiger partial charge in [0.25, 0.3) is 0 Å². The third-order valence-corrected chi connectivity index (χ3v) is 3.38. The highest BCUT2D eigenvalue weighted by atomic mass is 35.5. The van der Waals surface area contributed by atoms with E-state index in [-0.39, 0.29) is 11.1 Å². The number of hydrogen-bond donors (Lipinski definition) is 1. The fourth-order valence-corrected chi connectivity index (χ4v) is 2.80. The lowest BCUT2D eigenvalue weighted by molar-refractivity contribution is -0.249. The van der Waals surface area contributed by atoms with E-state index in [0.717, 1.165) is 12.8 Å². The van der Waals surface area contributed by atoms with Gasteiger partial charge in [-0.25, -0.2) is 0 Å². The zero-order chi connectivity index (χ0) is 10.3. The molecule has 2 nitrogen and oxygen atoms in total. The summed E-state index contributed by atoms with van der Waals surface area (Å²) in [5.41, 5.74) is -0.303. The van der Waals surface area contributed by atoms with Gasteiger partial charge >= 0.3 is 0 Å². The topological polar surface area (TPSA) is 23.5 Å². The zero-order valence-corrected chi connectivity index (χ0v) is 9.73. The highest BCUT2D eigenvalue weighted by Crippen LogP contribution is 2.40. The average molecular weight is 206 g/mol. The van der Waals surface area contributed by atoms with Crippen molar-refractivity contribution < 1.29 is 5.21 Å². The molecule has 1 N–H and O–H groups in total. The molecular formula is C10H20ClNO. The highest BCUT2D eigenvalue weighted by molar-refractivity contribution is 6.18. The van der Waals surface area contributed by atoms with E-state index in [0.29, 0.717) is 11.8 Å². The largest absolute Gasteiger partial charge is 0.313 e. The molecule has 1 fully saturated rings. The van der Waals surface area contributed by atoms with Crippen LogP contribution in [0.15, 0.2) is 0 Å². The predicted octanol–water partition coefficient (Wildman–Crippen LogP) is 2.88. The van der Waals surface area contributed by atoms with Crippen molar-refractivity contribution >= 4 is 11.6 Å². The third-order valence-electron chi connectivity index (χ3n) is 2.94. The van der Waals surface area contributed by atoms with Crippen LogP contribution < -0.4 is 0 Å². The van der Waals surface area contributed by atoms with Crippen LogP contribution in [0.25, 0.3) is 0 Å². The van der Waals surface area contributed by atoms with Crippen molar-refractivity contribution in [3.8, 4) is 0 Å². The molecule has 0 amide bonds. The summed E-state index contributed by atoms with van der Waals surface area (Å²) in [5.74, 6) is 1.22. The van der Waals surface area contributed by atoms with Crippen LogP contribution in [0.4, 0.5) is 0 Å². The number of hydroxylamine groups is 2. The van der Waals surface area contributed by atoms with Gasteiger partial charge in [-0.15, -0.1) is 11.6 Å². The van der Waals surface area contributed by atoms with Crippen LogP contribution in [-0.4, -0.2) is 27.2 Å². The number of nitrogens with zero attached hydrogens (tertiary/aromatic N) is 1. The molecule has 0 atom stereocenters. The lowest BCUT2D eigenvalue weighted by atomic mass is 9.76. The Hall–Kier alpha value is 0.210. The zero-order valence-electron chi connectivity index (χ0n) is 8.97. The first-order valence-corrected chi connectivity index (χ1v) is 5.38. The van der Waals surface area contributed by atoms with Crippen LogP contribution in [0.1, 0.15) is 40.5 Å². The van der Waals surface area contributed by atoms with E-state index in [1.807, 2.05) is 0 Å². The molecule has 0 bridgehead atoms. The number of hydrogen-bond acceptors (Lipinski definition) is 2. The number of rotatable bonds is 1. The van der Waals surface area contributed by atoms with Gasteiger partial charge < -0.3 is 5.21 Å². The van der Waals surface area contributed by atoms with Crippen molar-refractivity contribution in [1.82, 2.24) is 5.06 Å². The Morgan fingerprint density at radius 3 is 1.92 bits per heavy atom. The molecule has 0 aromatic rings. The van der Waals surface area contributed by atoms with Gasteiger partial charge in [0, 0.05) is 17.0 Å². The second kappa shape index (κ2) is 3.41. The minimum absolute atomic E-state index is 0.151. The van der Waals surface area contributed by atoms with Gasteiger partial charge in [-0.2, -0.15) is 5.06 Å². The van der Waals surface area contributed by atoms with E-state index >= 15 is 0 Å². The highest BCUT2D eigenvalue weighted by Gasteiger charge is 2.44. The van der Waals surface area contributed by atoms with Crippen molar-refractivity contribution in [1.29, 1.82) is 0 Å². The maximum Gasteiger partial charge on any atom is 0.0413 e. The molecule has 0 saturated carbocycles. The van der Waals surface area contributed by atoms with E-state index in [9.17, 15) is 5.21 Å². The SMILES string of the molecule is CC1(C)CC(CCl)CC(C)(C)N1O. The Kier molecular flexibility index (Phi) is 2.96. The molecule has 0 unspecified atom stereocenters. The minimum Gasteiger partial charge on any atom is -0.313 e. The molecule has 3 heteroatoms. The van der Waals surface area contributed by atoms with Crippen molar-refractivity contribution in [3.63, 3.8) is 0 Å². The third kappa shape index (κ3) is 2.17. The summed E-state index contributed by atoms with van der Waals surface area (Å²) >= 11 is 5.88. The molecule has 13 heavy (non-hydrogen) atoms. The smallest absolute Gasteiger partial charge is 0.0413 e. The number of halogens is 1. The van der Waals surface area contributed by atoms with Gasteiger partial charge in [0.05, 0.1) is 0 Å². The molecular weight excluding hydrogens is 186 g/mol. The van der Waals surface area contributed by atoms with Crippen molar-refractivity contribution in [2.24, 2.45) is 5.92 Å². The average Bonchev–Trinajstić information content (AvgIpc) is 1.99. The first kappa shape index (κ1) is 11.3. The van der Waals surface area contributed by atoms with Crippen LogP contribution in [0.3, 0.4) is 0 Å². The molecule has 0 radical (unpaired) electrons. The summed E-state index contributed by atoms with van der Waals surface area (Å²) in [6.45, 7) is 8.25. The second-order valence-corrected chi connectivity index (χ2v) is 5.67. The summed E-state index contributed by atoms with van der Waals surface area (Å²) < 4.78 is 0. The van der Waals surface area contributed by atoms with Gasteiger partial charge in [0.1, 0.15) is 0 Å². The van der Waals surface area contributed by atoms with Crippen molar-refractivity contribution in [3.05, 3.63) is 0 Å². The van der Waals surface area contributed by atoms with Gasteiger partial charge in [-0.1, -0.05) is 0 Å². The normalized spacial score (nSPS) is 29.1. The molecule has 0 aromatic heterocycles. The first-order chi connectivity index (χ1) is 5.79. The maximum absolute atomic E-state index is 9.97. The Balaban J connectivity index is 2.82. The Morgan fingerprint density at radius 1 is 1.23 bits per heavy atom. The summed E-state index contributed by atoms with van der Waals surface area (Å²) in [6, 6.07) is 0. The Bertz CT molecular complexity index is 173.